The van der Waals surface area contributed by atoms with Crippen LogP contribution in [0.15, 0.2) is 0 Å². The quantitative estimate of drug-likeness (QED) is 0.713. The SMILES string of the molecule is CNC[C@@H](NC(=O)N1CCCCC1)C(O)C1CCCC1. The Hall–Kier alpha value is -0.810. The first kappa shape index (κ1) is 15.6. The number of aliphatic hydroxyl groups is 1. The molecule has 2 aliphatic rings. The molecular weight excluding hydrogens is 254 g/mol. The highest BCUT2D eigenvalue weighted by atomic mass is 16.3. The van der Waals surface area contributed by atoms with Crippen LogP contribution in [0, 0.1) is 5.92 Å². The van der Waals surface area contributed by atoms with Gasteiger partial charge >= 0.3 is 6.03 Å². The Morgan fingerprint density at radius 2 is 1.85 bits per heavy atom. The van der Waals surface area contributed by atoms with Gasteiger partial charge in [-0.25, -0.2) is 4.79 Å². The fourth-order valence-electron chi connectivity index (χ4n) is 3.45. The smallest absolute Gasteiger partial charge is 0.317 e. The summed E-state index contributed by atoms with van der Waals surface area (Å²) >= 11 is 0. The molecule has 1 unspecified atom stereocenters. The molecule has 1 aliphatic heterocycles. The average Bonchev–Trinajstić information content (AvgIpc) is 3.01. The molecule has 116 valence electrons. The number of hydrogen-bond acceptors (Lipinski definition) is 3. The third kappa shape index (κ3) is 4.09. The van der Waals surface area contributed by atoms with Crippen LogP contribution >= 0.6 is 0 Å². The second-order valence-electron chi connectivity index (χ2n) is 6.20. The summed E-state index contributed by atoms with van der Waals surface area (Å²) in [6.45, 7) is 2.31. The van der Waals surface area contributed by atoms with E-state index in [9.17, 15) is 9.90 Å². The van der Waals surface area contributed by atoms with Crippen molar-refractivity contribution in [3.05, 3.63) is 0 Å². The van der Waals surface area contributed by atoms with Crippen molar-refractivity contribution in [2.45, 2.75) is 57.1 Å². The van der Waals surface area contributed by atoms with Crippen LogP contribution in [0.4, 0.5) is 4.79 Å². The van der Waals surface area contributed by atoms with E-state index >= 15 is 0 Å². The van der Waals surface area contributed by atoms with Crippen molar-refractivity contribution < 1.29 is 9.90 Å². The molecule has 1 saturated heterocycles. The summed E-state index contributed by atoms with van der Waals surface area (Å²) in [6, 6.07) is -0.195. The fraction of sp³-hybridized carbons (Fsp3) is 0.933. The summed E-state index contributed by atoms with van der Waals surface area (Å²) in [5.41, 5.74) is 0. The van der Waals surface area contributed by atoms with Crippen LogP contribution in [-0.4, -0.2) is 54.9 Å². The van der Waals surface area contributed by atoms with Gasteiger partial charge in [0.2, 0.25) is 0 Å². The van der Waals surface area contributed by atoms with Crippen LogP contribution in [0.1, 0.15) is 44.9 Å². The molecule has 0 bridgehead atoms. The molecular formula is C15H29N3O2. The van der Waals surface area contributed by atoms with E-state index in [0.717, 1.165) is 38.8 Å². The number of likely N-dealkylation sites (tertiary alicyclic amines) is 1. The van der Waals surface area contributed by atoms with E-state index in [-0.39, 0.29) is 12.1 Å². The van der Waals surface area contributed by atoms with Crippen molar-refractivity contribution >= 4 is 6.03 Å². The molecule has 0 aromatic carbocycles. The van der Waals surface area contributed by atoms with Gasteiger partial charge < -0.3 is 20.6 Å². The lowest BCUT2D eigenvalue weighted by Crippen LogP contribution is -2.55. The third-order valence-corrected chi connectivity index (χ3v) is 4.67. The van der Waals surface area contributed by atoms with Crippen LogP contribution < -0.4 is 10.6 Å². The van der Waals surface area contributed by atoms with Crippen molar-refractivity contribution in [2.24, 2.45) is 5.92 Å². The number of piperidine rings is 1. The summed E-state index contributed by atoms with van der Waals surface area (Å²) in [5, 5.41) is 16.6. The third-order valence-electron chi connectivity index (χ3n) is 4.67. The number of aliphatic hydroxyl groups excluding tert-OH is 1. The minimum atomic E-state index is -0.432. The fourth-order valence-corrected chi connectivity index (χ4v) is 3.45. The number of nitrogens with one attached hydrogen (secondary N) is 2. The lowest BCUT2D eigenvalue weighted by molar-refractivity contribution is 0.0705. The minimum absolute atomic E-state index is 0.0120. The molecule has 2 amide bonds. The maximum absolute atomic E-state index is 12.3. The van der Waals surface area contributed by atoms with Crippen molar-refractivity contribution in [3.8, 4) is 0 Å². The van der Waals surface area contributed by atoms with E-state index in [1.807, 2.05) is 11.9 Å². The Labute approximate surface area is 122 Å². The maximum Gasteiger partial charge on any atom is 0.317 e. The van der Waals surface area contributed by atoms with Crippen molar-refractivity contribution in [2.75, 3.05) is 26.7 Å². The normalized spacial score (nSPS) is 23.6. The van der Waals surface area contributed by atoms with Crippen molar-refractivity contribution in [3.63, 3.8) is 0 Å². The number of urea groups is 1. The topological polar surface area (TPSA) is 64.6 Å². The average molecular weight is 283 g/mol. The number of nitrogens with zero attached hydrogens (tertiary/aromatic N) is 1. The summed E-state index contributed by atoms with van der Waals surface area (Å²) in [5.74, 6) is 0.343. The van der Waals surface area contributed by atoms with E-state index in [1.165, 1.54) is 19.3 Å². The molecule has 1 heterocycles. The molecule has 0 aromatic heterocycles. The highest BCUT2D eigenvalue weighted by molar-refractivity contribution is 5.74. The number of likely N-dealkylation sites (N-methyl/N-ethyl adjacent to an activating group) is 1. The Bertz CT molecular complexity index is 299. The predicted octanol–water partition coefficient (Wildman–Crippen LogP) is 1.32. The largest absolute Gasteiger partial charge is 0.391 e. The lowest BCUT2D eigenvalue weighted by Gasteiger charge is -2.32. The molecule has 1 aliphatic carbocycles. The molecule has 0 aromatic rings. The first-order valence-electron chi connectivity index (χ1n) is 8.10. The number of carbonyl (C=O) groups excluding carboxylic acids is 1. The first-order valence-corrected chi connectivity index (χ1v) is 8.10. The summed E-state index contributed by atoms with van der Waals surface area (Å²) in [7, 11) is 1.86. The Kier molecular flexibility index (Phi) is 6.10. The van der Waals surface area contributed by atoms with Crippen LogP contribution in [0.3, 0.4) is 0 Å². The summed E-state index contributed by atoms with van der Waals surface area (Å²) in [6.07, 6.45) is 7.54. The molecule has 1 saturated carbocycles. The van der Waals surface area contributed by atoms with E-state index in [1.54, 1.807) is 0 Å². The van der Waals surface area contributed by atoms with Gasteiger partial charge in [-0.05, 0) is 45.1 Å². The van der Waals surface area contributed by atoms with E-state index in [4.69, 9.17) is 0 Å². The number of hydrogen-bond donors (Lipinski definition) is 3. The maximum atomic E-state index is 12.3. The first-order chi connectivity index (χ1) is 9.72. The highest BCUT2D eigenvalue weighted by Crippen LogP contribution is 2.29. The predicted molar refractivity (Wildman–Crippen MR) is 79.6 cm³/mol. The zero-order chi connectivity index (χ0) is 14.4. The zero-order valence-corrected chi connectivity index (χ0v) is 12.6. The van der Waals surface area contributed by atoms with Crippen LogP contribution in [0.25, 0.3) is 0 Å². The minimum Gasteiger partial charge on any atom is -0.391 e. The van der Waals surface area contributed by atoms with Gasteiger partial charge in [-0.1, -0.05) is 12.8 Å². The molecule has 0 radical (unpaired) electrons. The van der Waals surface area contributed by atoms with Crippen molar-refractivity contribution in [1.29, 1.82) is 0 Å². The van der Waals surface area contributed by atoms with Crippen LogP contribution in [0.5, 0.6) is 0 Å². The van der Waals surface area contributed by atoms with Crippen molar-refractivity contribution in [1.82, 2.24) is 15.5 Å². The zero-order valence-electron chi connectivity index (χ0n) is 12.6. The Morgan fingerprint density at radius 3 is 2.45 bits per heavy atom. The van der Waals surface area contributed by atoms with Gasteiger partial charge in [0, 0.05) is 19.6 Å². The van der Waals surface area contributed by atoms with Gasteiger partial charge in [-0.2, -0.15) is 0 Å². The van der Waals surface area contributed by atoms with Crippen LogP contribution in [-0.2, 0) is 0 Å². The molecule has 0 spiro atoms. The van der Waals surface area contributed by atoms with E-state index in [2.05, 4.69) is 10.6 Å². The van der Waals surface area contributed by atoms with Gasteiger partial charge in [-0.3, -0.25) is 0 Å². The summed E-state index contributed by atoms with van der Waals surface area (Å²) < 4.78 is 0. The number of amides is 2. The van der Waals surface area contributed by atoms with Gasteiger partial charge in [0.05, 0.1) is 12.1 Å². The van der Waals surface area contributed by atoms with Gasteiger partial charge in [0.1, 0.15) is 0 Å². The second kappa shape index (κ2) is 7.84. The number of carbonyl (C=O) groups is 1. The molecule has 2 fully saturated rings. The lowest BCUT2D eigenvalue weighted by atomic mass is 9.94. The summed E-state index contributed by atoms with van der Waals surface area (Å²) in [4.78, 5) is 14.2. The molecule has 20 heavy (non-hydrogen) atoms. The van der Waals surface area contributed by atoms with E-state index < -0.39 is 6.10 Å². The Morgan fingerprint density at radius 1 is 1.20 bits per heavy atom. The van der Waals surface area contributed by atoms with Gasteiger partial charge in [0.15, 0.2) is 0 Å². The monoisotopic (exact) mass is 283 g/mol. The Balaban J connectivity index is 1.88. The van der Waals surface area contributed by atoms with E-state index in [0.29, 0.717) is 12.5 Å². The molecule has 2 atom stereocenters. The van der Waals surface area contributed by atoms with Crippen LogP contribution in [0.2, 0.25) is 0 Å². The molecule has 2 rings (SSSR count). The molecule has 5 heteroatoms. The van der Waals surface area contributed by atoms with Gasteiger partial charge in [-0.15, -0.1) is 0 Å². The standard InChI is InChI=1S/C15H29N3O2/c1-16-11-13(14(19)12-7-3-4-8-12)17-15(20)18-9-5-2-6-10-18/h12-14,16,19H,2-11H2,1H3,(H,17,20)/t13-,14?/m1/s1. The number of rotatable bonds is 5. The van der Waals surface area contributed by atoms with Gasteiger partial charge in [0.25, 0.3) is 0 Å². The molecule has 3 N–H and O–H groups in total. The highest BCUT2D eigenvalue weighted by Gasteiger charge is 2.31. The second-order valence-corrected chi connectivity index (χ2v) is 6.20. The molecule has 5 nitrogen and oxygen atoms in total.